The van der Waals surface area contributed by atoms with Gasteiger partial charge in [0.1, 0.15) is 12.2 Å². The number of anilines is 1. The highest BCUT2D eigenvalue weighted by Crippen LogP contribution is 2.24. The molecule has 19 heavy (non-hydrogen) atoms. The number of ether oxygens (including phenoxy) is 1. The second-order valence-electron chi connectivity index (χ2n) is 4.75. The summed E-state index contributed by atoms with van der Waals surface area (Å²) < 4.78 is 5.14. The minimum Gasteiger partial charge on any atom is -0.444 e. The van der Waals surface area contributed by atoms with E-state index in [0.29, 0.717) is 11.4 Å². The molecule has 1 amide bonds. The van der Waals surface area contributed by atoms with Gasteiger partial charge < -0.3 is 14.7 Å². The van der Waals surface area contributed by atoms with Crippen molar-refractivity contribution in [1.82, 2.24) is 0 Å². The summed E-state index contributed by atoms with van der Waals surface area (Å²) in [5.41, 5.74) is -0.150. The molecule has 0 bridgehead atoms. The van der Waals surface area contributed by atoms with E-state index < -0.39 is 11.7 Å². The van der Waals surface area contributed by atoms with Crippen molar-refractivity contribution in [2.75, 3.05) is 18.5 Å². The molecule has 0 saturated carbocycles. The number of aliphatic hydroxyl groups excluding tert-OH is 1. The van der Waals surface area contributed by atoms with Crippen LogP contribution in [-0.4, -0.2) is 30.0 Å². The number of aliphatic hydroxyl groups is 1. The lowest BCUT2D eigenvalue weighted by Crippen LogP contribution is -2.27. The van der Waals surface area contributed by atoms with Crippen molar-refractivity contribution in [1.29, 1.82) is 0 Å². The third-order valence-electron chi connectivity index (χ3n) is 1.85. The Morgan fingerprint density at radius 3 is 2.63 bits per heavy atom. The Labute approximate surface area is 112 Å². The van der Waals surface area contributed by atoms with Crippen molar-refractivity contribution in [3.8, 4) is 5.75 Å². The maximum atomic E-state index is 11.6. The minimum absolute atomic E-state index is 0.0424. The third kappa shape index (κ3) is 6.08. The summed E-state index contributed by atoms with van der Waals surface area (Å²) in [6.07, 6.45) is -0.578. The molecule has 0 heterocycles. The number of amides is 1. The molecule has 6 heteroatoms. The van der Waals surface area contributed by atoms with Crippen LogP contribution in [0, 0.1) is 0 Å². The average molecular weight is 269 g/mol. The molecule has 0 atom stereocenters. The van der Waals surface area contributed by atoms with E-state index in [4.69, 9.17) is 19.6 Å². The Balaban J connectivity index is 2.64. The van der Waals surface area contributed by atoms with Crippen LogP contribution in [0.4, 0.5) is 10.5 Å². The standard InChI is InChI=1S/C13H19NO5/c1-13(2,3)18-12(16)14-10-6-4-5-7-11(10)19-17-9-8-15/h4-7,15H,8-9H2,1-3H3,(H,14,16). The topological polar surface area (TPSA) is 77.0 Å². The molecule has 0 aliphatic carbocycles. The van der Waals surface area contributed by atoms with Crippen LogP contribution in [0.3, 0.4) is 0 Å². The van der Waals surface area contributed by atoms with E-state index in [9.17, 15) is 4.79 Å². The maximum Gasteiger partial charge on any atom is 0.412 e. The van der Waals surface area contributed by atoms with Crippen molar-refractivity contribution < 1.29 is 24.4 Å². The van der Waals surface area contributed by atoms with Crippen LogP contribution >= 0.6 is 0 Å². The van der Waals surface area contributed by atoms with Crippen molar-refractivity contribution in [3.63, 3.8) is 0 Å². The van der Waals surface area contributed by atoms with E-state index in [1.54, 1.807) is 45.0 Å². The van der Waals surface area contributed by atoms with Gasteiger partial charge >= 0.3 is 6.09 Å². The number of hydrogen-bond acceptors (Lipinski definition) is 5. The van der Waals surface area contributed by atoms with Crippen LogP contribution in [-0.2, 0) is 9.62 Å². The van der Waals surface area contributed by atoms with E-state index in [1.165, 1.54) is 0 Å². The first kappa shape index (κ1) is 15.3. The predicted molar refractivity (Wildman–Crippen MR) is 70.0 cm³/mol. The second-order valence-corrected chi connectivity index (χ2v) is 4.75. The van der Waals surface area contributed by atoms with Crippen LogP contribution in [0.25, 0.3) is 0 Å². The lowest BCUT2D eigenvalue weighted by molar-refractivity contribution is -0.211. The molecule has 0 aliphatic rings. The highest BCUT2D eigenvalue weighted by atomic mass is 17.2. The molecule has 1 rings (SSSR count). The fourth-order valence-corrected chi connectivity index (χ4v) is 1.20. The van der Waals surface area contributed by atoms with Crippen molar-refractivity contribution >= 4 is 11.8 Å². The molecule has 0 radical (unpaired) electrons. The van der Waals surface area contributed by atoms with Gasteiger partial charge in [-0.1, -0.05) is 12.1 Å². The number of hydrogen-bond donors (Lipinski definition) is 2. The molecule has 0 fully saturated rings. The molecule has 0 aromatic heterocycles. The largest absolute Gasteiger partial charge is 0.444 e. The monoisotopic (exact) mass is 269 g/mol. The summed E-state index contributed by atoms with van der Waals surface area (Å²) in [6.45, 7) is 5.22. The van der Waals surface area contributed by atoms with Gasteiger partial charge in [-0.3, -0.25) is 5.32 Å². The number of carbonyl (C=O) groups is 1. The average Bonchev–Trinajstić information content (AvgIpc) is 2.29. The molecule has 106 valence electrons. The first-order valence-electron chi connectivity index (χ1n) is 5.92. The van der Waals surface area contributed by atoms with Gasteiger partial charge in [0, 0.05) is 0 Å². The van der Waals surface area contributed by atoms with Crippen molar-refractivity contribution in [2.24, 2.45) is 0 Å². The van der Waals surface area contributed by atoms with Crippen molar-refractivity contribution in [2.45, 2.75) is 26.4 Å². The van der Waals surface area contributed by atoms with Gasteiger partial charge in [0.25, 0.3) is 0 Å². The van der Waals surface area contributed by atoms with Crippen LogP contribution < -0.4 is 10.2 Å². The number of carbonyl (C=O) groups excluding carboxylic acids is 1. The summed E-state index contributed by atoms with van der Waals surface area (Å²) >= 11 is 0. The van der Waals surface area contributed by atoms with E-state index in [0.717, 1.165) is 0 Å². The van der Waals surface area contributed by atoms with Crippen LogP contribution in [0.15, 0.2) is 24.3 Å². The molecular formula is C13H19NO5. The Hall–Kier alpha value is -1.79. The SMILES string of the molecule is CC(C)(C)OC(=O)Nc1ccccc1OOCCO. The number of rotatable bonds is 5. The lowest BCUT2D eigenvalue weighted by atomic mass is 10.2. The number of nitrogens with one attached hydrogen (secondary N) is 1. The Bertz CT molecular complexity index is 414. The van der Waals surface area contributed by atoms with Crippen LogP contribution in [0.5, 0.6) is 5.75 Å². The summed E-state index contributed by atoms with van der Waals surface area (Å²) in [4.78, 5) is 21.4. The smallest absolute Gasteiger partial charge is 0.412 e. The first-order valence-corrected chi connectivity index (χ1v) is 5.92. The maximum absolute atomic E-state index is 11.6. The summed E-state index contributed by atoms with van der Waals surface area (Å²) in [7, 11) is 0. The normalized spacial score (nSPS) is 10.9. The minimum atomic E-state index is -0.578. The zero-order valence-electron chi connectivity index (χ0n) is 11.3. The fourth-order valence-electron chi connectivity index (χ4n) is 1.20. The molecule has 0 saturated heterocycles. The predicted octanol–water partition coefficient (Wildman–Crippen LogP) is 2.34. The lowest BCUT2D eigenvalue weighted by Gasteiger charge is -2.20. The van der Waals surface area contributed by atoms with Gasteiger partial charge in [0.05, 0.1) is 12.3 Å². The van der Waals surface area contributed by atoms with Gasteiger partial charge in [-0.05, 0) is 32.9 Å². The highest BCUT2D eigenvalue weighted by molar-refractivity contribution is 5.86. The van der Waals surface area contributed by atoms with E-state index in [2.05, 4.69) is 5.32 Å². The van der Waals surface area contributed by atoms with Gasteiger partial charge in [0.2, 0.25) is 0 Å². The highest BCUT2D eigenvalue weighted by Gasteiger charge is 2.17. The van der Waals surface area contributed by atoms with Gasteiger partial charge in [-0.15, -0.1) is 0 Å². The number of benzene rings is 1. The Morgan fingerprint density at radius 2 is 2.00 bits per heavy atom. The molecule has 2 N–H and O–H groups in total. The van der Waals surface area contributed by atoms with Crippen molar-refractivity contribution in [3.05, 3.63) is 24.3 Å². The summed E-state index contributed by atoms with van der Waals surface area (Å²) in [5, 5.41) is 11.2. The van der Waals surface area contributed by atoms with Crippen LogP contribution in [0.2, 0.25) is 0 Å². The molecule has 1 aromatic carbocycles. The molecule has 1 aromatic rings. The molecule has 0 spiro atoms. The third-order valence-corrected chi connectivity index (χ3v) is 1.85. The second kappa shape index (κ2) is 6.96. The van der Waals surface area contributed by atoms with Crippen LogP contribution in [0.1, 0.15) is 20.8 Å². The molecule has 6 nitrogen and oxygen atoms in total. The van der Waals surface area contributed by atoms with E-state index in [-0.39, 0.29) is 13.2 Å². The summed E-state index contributed by atoms with van der Waals surface area (Å²) in [5.74, 6) is 0.335. The van der Waals surface area contributed by atoms with Gasteiger partial charge in [0.15, 0.2) is 5.75 Å². The van der Waals surface area contributed by atoms with Gasteiger partial charge in [-0.2, -0.15) is 4.89 Å². The first-order chi connectivity index (χ1) is 8.92. The molecular weight excluding hydrogens is 250 g/mol. The zero-order valence-corrected chi connectivity index (χ0v) is 11.3. The fraction of sp³-hybridized carbons (Fsp3) is 0.462. The van der Waals surface area contributed by atoms with Gasteiger partial charge in [-0.25, -0.2) is 4.79 Å². The molecule has 0 unspecified atom stereocenters. The number of para-hydroxylation sites is 2. The Morgan fingerprint density at radius 1 is 1.32 bits per heavy atom. The van der Waals surface area contributed by atoms with E-state index >= 15 is 0 Å². The van der Waals surface area contributed by atoms with E-state index in [1.807, 2.05) is 0 Å². The Kier molecular flexibility index (Phi) is 5.59. The quantitative estimate of drug-likeness (QED) is 0.487. The summed E-state index contributed by atoms with van der Waals surface area (Å²) in [6, 6.07) is 6.76. The molecule has 0 aliphatic heterocycles. The zero-order chi connectivity index (χ0) is 14.3.